The van der Waals surface area contributed by atoms with Crippen molar-refractivity contribution in [2.75, 3.05) is 5.73 Å². The summed E-state index contributed by atoms with van der Waals surface area (Å²) < 4.78 is 6.99. The summed E-state index contributed by atoms with van der Waals surface area (Å²) in [6, 6.07) is 0. The lowest BCUT2D eigenvalue weighted by Gasteiger charge is -2.01. The molecule has 3 aromatic rings. The second-order valence-corrected chi connectivity index (χ2v) is 5.23. The molecule has 27 heavy (non-hydrogen) atoms. The molecule has 3 aromatic heterocycles. The van der Waals surface area contributed by atoms with E-state index in [0.717, 1.165) is 11.1 Å². The number of nitro groups is 1. The van der Waals surface area contributed by atoms with Gasteiger partial charge in [-0.2, -0.15) is 5.10 Å². The van der Waals surface area contributed by atoms with Crippen LogP contribution in [0.25, 0.3) is 16.8 Å². The number of nitrogens with two attached hydrogens (primary N) is 1. The molecule has 142 valence electrons. The standard InChI is InChI=1S/C16H16N6O3.C2H6/c1-2-4-11(22(23)24)5-3-6-12-13(14-7-18-10-25-14)8-21-15(12)16(17)19-9-20-21;1-2/h3-5,7-10H,2,6H2,1H3,(H2,17,19,20);1-2H3/b5-3-,11-4+;. The van der Waals surface area contributed by atoms with Crippen LogP contribution in [0.5, 0.6) is 0 Å². The summed E-state index contributed by atoms with van der Waals surface area (Å²) in [4.78, 5) is 18.6. The number of rotatable bonds is 6. The average molecular weight is 370 g/mol. The lowest BCUT2D eigenvalue weighted by molar-refractivity contribution is -0.419. The molecule has 0 spiro atoms. The highest BCUT2D eigenvalue weighted by Crippen LogP contribution is 2.30. The summed E-state index contributed by atoms with van der Waals surface area (Å²) in [6.45, 7) is 5.85. The number of oxazole rings is 1. The first-order valence-corrected chi connectivity index (χ1v) is 8.62. The number of nitrogens with zero attached hydrogens (tertiary/aromatic N) is 5. The van der Waals surface area contributed by atoms with E-state index >= 15 is 0 Å². The molecular weight excluding hydrogens is 348 g/mol. The quantitative estimate of drug-likeness (QED) is 0.398. The third kappa shape index (κ3) is 4.38. The fourth-order valence-electron chi connectivity index (χ4n) is 2.58. The van der Waals surface area contributed by atoms with E-state index in [1.807, 2.05) is 20.8 Å². The summed E-state index contributed by atoms with van der Waals surface area (Å²) in [5, 5.41) is 15.2. The second kappa shape index (κ2) is 9.27. The lowest BCUT2D eigenvalue weighted by Crippen LogP contribution is -1.99. The van der Waals surface area contributed by atoms with Gasteiger partial charge in [0.25, 0.3) is 5.70 Å². The first kappa shape index (κ1) is 19.8. The van der Waals surface area contributed by atoms with Gasteiger partial charge in [0, 0.05) is 17.8 Å². The first-order chi connectivity index (χ1) is 13.1. The number of hydrogen-bond acceptors (Lipinski definition) is 7. The van der Waals surface area contributed by atoms with Crippen molar-refractivity contribution in [2.45, 2.75) is 33.6 Å². The van der Waals surface area contributed by atoms with Crippen LogP contribution in [0.4, 0.5) is 5.82 Å². The smallest absolute Gasteiger partial charge is 0.265 e. The molecule has 9 nitrogen and oxygen atoms in total. The van der Waals surface area contributed by atoms with Gasteiger partial charge in [-0.3, -0.25) is 10.1 Å². The maximum Gasteiger partial charge on any atom is 0.265 e. The molecule has 3 heterocycles. The highest BCUT2D eigenvalue weighted by Gasteiger charge is 2.17. The second-order valence-electron chi connectivity index (χ2n) is 5.23. The van der Waals surface area contributed by atoms with Gasteiger partial charge in [0.05, 0.1) is 11.1 Å². The van der Waals surface area contributed by atoms with Gasteiger partial charge in [-0.15, -0.1) is 0 Å². The van der Waals surface area contributed by atoms with Gasteiger partial charge in [0.15, 0.2) is 18.0 Å². The number of hydrogen-bond donors (Lipinski definition) is 1. The van der Waals surface area contributed by atoms with Gasteiger partial charge in [0.1, 0.15) is 11.8 Å². The number of nitrogen functional groups attached to an aromatic ring is 1. The third-order valence-corrected chi connectivity index (χ3v) is 3.64. The van der Waals surface area contributed by atoms with Gasteiger partial charge < -0.3 is 10.2 Å². The maximum atomic E-state index is 11.0. The Morgan fingerprint density at radius 1 is 1.44 bits per heavy atom. The summed E-state index contributed by atoms with van der Waals surface area (Å²) in [6.07, 6.45) is 11.8. The Kier molecular flexibility index (Phi) is 6.81. The maximum absolute atomic E-state index is 11.0. The van der Waals surface area contributed by atoms with Crippen LogP contribution in [-0.4, -0.2) is 24.5 Å². The van der Waals surface area contributed by atoms with E-state index in [9.17, 15) is 10.1 Å². The van der Waals surface area contributed by atoms with Crippen molar-refractivity contribution in [1.29, 1.82) is 0 Å². The van der Waals surface area contributed by atoms with Crippen LogP contribution in [0.3, 0.4) is 0 Å². The molecular formula is C18H22N6O3. The Labute approximate surface area is 156 Å². The molecule has 0 aromatic carbocycles. The van der Waals surface area contributed by atoms with E-state index in [1.165, 1.54) is 18.8 Å². The Morgan fingerprint density at radius 2 is 2.22 bits per heavy atom. The number of anilines is 1. The van der Waals surface area contributed by atoms with Gasteiger partial charge in [-0.25, -0.2) is 14.5 Å². The summed E-state index contributed by atoms with van der Waals surface area (Å²) in [7, 11) is 0. The molecule has 0 saturated carbocycles. The number of allylic oxidation sites excluding steroid dienone is 3. The minimum atomic E-state index is -0.410. The van der Waals surface area contributed by atoms with Crippen molar-refractivity contribution in [2.24, 2.45) is 0 Å². The molecule has 0 atom stereocenters. The molecule has 0 radical (unpaired) electrons. The zero-order chi connectivity index (χ0) is 19.8. The van der Waals surface area contributed by atoms with Crippen molar-refractivity contribution >= 4 is 11.3 Å². The Morgan fingerprint density at radius 3 is 2.85 bits per heavy atom. The summed E-state index contributed by atoms with van der Waals surface area (Å²) >= 11 is 0. The van der Waals surface area contributed by atoms with Crippen LogP contribution < -0.4 is 5.73 Å². The predicted octanol–water partition coefficient (Wildman–Crippen LogP) is 3.66. The molecule has 9 heteroatoms. The van der Waals surface area contributed by atoms with Crippen molar-refractivity contribution in [3.8, 4) is 11.3 Å². The SMILES string of the molecule is CC.CC/C=C(\C=C/Cc1c(-c2cnco2)cn2ncnc(N)c12)[N+](=O)[O-]. The van der Waals surface area contributed by atoms with Gasteiger partial charge in [-0.05, 0) is 24.5 Å². The molecule has 0 aliphatic rings. The third-order valence-electron chi connectivity index (χ3n) is 3.64. The molecule has 0 bridgehead atoms. The van der Waals surface area contributed by atoms with Crippen LogP contribution in [0.2, 0.25) is 0 Å². The van der Waals surface area contributed by atoms with Crippen molar-refractivity contribution in [1.82, 2.24) is 19.6 Å². The highest BCUT2D eigenvalue weighted by molar-refractivity contribution is 5.80. The summed E-state index contributed by atoms with van der Waals surface area (Å²) in [5.41, 5.74) is 8.25. The normalized spacial score (nSPS) is 11.6. The fourth-order valence-corrected chi connectivity index (χ4v) is 2.58. The van der Waals surface area contributed by atoms with E-state index in [0.29, 0.717) is 29.9 Å². The monoisotopic (exact) mass is 370 g/mol. The zero-order valence-electron chi connectivity index (χ0n) is 15.5. The molecule has 0 fully saturated rings. The molecule has 0 aliphatic carbocycles. The molecule has 0 unspecified atom stereocenters. The molecule has 0 amide bonds. The van der Waals surface area contributed by atoms with Crippen LogP contribution in [0.15, 0.2) is 53.5 Å². The molecule has 0 aliphatic heterocycles. The van der Waals surface area contributed by atoms with Crippen molar-refractivity contribution in [3.63, 3.8) is 0 Å². The van der Waals surface area contributed by atoms with Gasteiger partial charge >= 0.3 is 0 Å². The van der Waals surface area contributed by atoms with Crippen molar-refractivity contribution in [3.05, 3.63) is 64.7 Å². The highest BCUT2D eigenvalue weighted by atomic mass is 16.6. The van der Waals surface area contributed by atoms with Crippen LogP contribution in [-0.2, 0) is 6.42 Å². The molecule has 3 rings (SSSR count). The van der Waals surface area contributed by atoms with Crippen LogP contribution >= 0.6 is 0 Å². The Bertz CT molecular complexity index is 957. The lowest BCUT2D eigenvalue weighted by atomic mass is 10.1. The zero-order valence-corrected chi connectivity index (χ0v) is 15.5. The minimum absolute atomic E-state index is 0.0523. The van der Waals surface area contributed by atoms with E-state index in [2.05, 4.69) is 15.1 Å². The largest absolute Gasteiger partial charge is 0.443 e. The van der Waals surface area contributed by atoms with E-state index in [1.54, 1.807) is 29.1 Å². The predicted molar refractivity (Wildman–Crippen MR) is 102 cm³/mol. The first-order valence-electron chi connectivity index (χ1n) is 8.62. The van der Waals surface area contributed by atoms with E-state index in [-0.39, 0.29) is 5.70 Å². The Hall–Kier alpha value is -3.49. The minimum Gasteiger partial charge on any atom is -0.443 e. The number of fused-ring (bicyclic) bond motifs is 1. The van der Waals surface area contributed by atoms with E-state index < -0.39 is 4.92 Å². The summed E-state index contributed by atoms with van der Waals surface area (Å²) in [5.74, 6) is 0.884. The van der Waals surface area contributed by atoms with E-state index in [4.69, 9.17) is 10.2 Å². The fraction of sp³-hybridized carbons (Fsp3) is 0.278. The van der Waals surface area contributed by atoms with Crippen LogP contribution in [0.1, 0.15) is 32.8 Å². The topological polar surface area (TPSA) is 125 Å². The Balaban J connectivity index is 0.00000126. The molecule has 2 N–H and O–H groups in total. The number of aromatic nitrogens is 4. The van der Waals surface area contributed by atoms with Gasteiger partial charge in [0.2, 0.25) is 0 Å². The van der Waals surface area contributed by atoms with Gasteiger partial charge in [-0.1, -0.05) is 26.8 Å². The molecule has 0 saturated heterocycles. The van der Waals surface area contributed by atoms with Crippen molar-refractivity contribution < 1.29 is 9.34 Å². The average Bonchev–Trinajstić information content (AvgIpc) is 3.31. The van der Waals surface area contributed by atoms with Crippen LogP contribution in [0, 0.1) is 10.1 Å².